The van der Waals surface area contributed by atoms with Gasteiger partial charge in [0.1, 0.15) is 22.9 Å². The van der Waals surface area contributed by atoms with Gasteiger partial charge in [-0.05, 0) is 96.8 Å². The number of terminal acetylenes is 1. The third-order valence-electron chi connectivity index (χ3n) is 8.81. The molecule has 0 bridgehead atoms. The van der Waals surface area contributed by atoms with Crippen LogP contribution in [0.5, 0.6) is 11.5 Å². The summed E-state index contributed by atoms with van der Waals surface area (Å²) in [5.74, 6) is 0.136. The second-order valence-corrected chi connectivity index (χ2v) is 17.3. The van der Waals surface area contributed by atoms with E-state index in [0.29, 0.717) is 28.2 Å². The average molecular weight is 709 g/mol. The van der Waals surface area contributed by atoms with E-state index < -0.39 is 0 Å². The summed E-state index contributed by atoms with van der Waals surface area (Å²) in [7, 11) is 0. The van der Waals surface area contributed by atoms with Gasteiger partial charge in [-0.3, -0.25) is 0 Å². The predicted octanol–water partition coefficient (Wildman–Crippen LogP) is 10.6. The minimum atomic E-state index is -0.266. The van der Waals surface area contributed by atoms with Crippen molar-refractivity contribution in [3.8, 4) is 24.3 Å². The maximum Gasteiger partial charge on any atom is 0.146 e. The zero-order chi connectivity index (χ0) is 39.8. The molecule has 0 spiro atoms. The summed E-state index contributed by atoms with van der Waals surface area (Å²) in [5.41, 5.74) is 8.97. The zero-order valence-corrected chi connectivity index (χ0v) is 34.1. The lowest BCUT2D eigenvalue weighted by Crippen LogP contribution is -2.36. The van der Waals surface area contributed by atoms with Crippen molar-refractivity contribution in [1.82, 2.24) is 5.43 Å². The van der Waals surface area contributed by atoms with Gasteiger partial charge in [0.05, 0.1) is 17.5 Å². The van der Waals surface area contributed by atoms with Crippen molar-refractivity contribution in [2.45, 2.75) is 126 Å². The minimum absolute atomic E-state index is 0.0312. The molecule has 3 rings (SSSR count). The molecule has 1 aliphatic rings. The van der Waals surface area contributed by atoms with Crippen LogP contribution in [0.4, 0.5) is 11.4 Å². The summed E-state index contributed by atoms with van der Waals surface area (Å²) in [6.45, 7) is 35.9. The highest BCUT2D eigenvalue weighted by atomic mass is 16.3. The van der Waals surface area contributed by atoms with Crippen molar-refractivity contribution in [1.29, 1.82) is 0 Å². The van der Waals surface area contributed by atoms with Gasteiger partial charge in [-0.1, -0.05) is 101 Å². The second-order valence-electron chi connectivity index (χ2n) is 17.3. The molecule has 0 fully saturated rings. The summed E-state index contributed by atoms with van der Waals surface area (Å²) in [4.78, 5) is 0. The molecule has 2 aromatic rings. The summed E-state index contributed by atoms with van der Waals surface area (Å²) in [6, 6.07) is 8.12. The van der Waals surface area contributed by atoms with Gasteiger partial charge in [0.25, 0.3) is 0 Å². The smallest absolute Gasteiger partial charge is 0.146 e. The number of aromatic hydroxyl groups is 2. The van der Waals surface area contributed by atoms with Gasteiger partial charge in [-0.15, -0.1) is 18.0 Å². The Morgan fingerprint density at radius 2 is 1.42 bits per heavy atom. The quantitative estimate of drug-likeness (QED) is 0.109. The molecule has 0 saturated heterocycles. The molecule has 1 unspecified atom stereocenters. The fourth-order valence-electron chi connectivity index (χ4n) is 7.18. The average Bonchev–Trinajstić information content (AvgIpc) is 3.39. The Morgan fingerprint density at radius 1 is 0.904 bits per heavy atom. The number of hydrogen-bond donors (Lipinski definition) is 3. The van der Waals surface area contributed by atoms with E-state index in [-0.39, 0.29) is 45.6 Å². The number of allylic oxidation sites excluding steroid dienone is 3. The molecular weight excluding hydrogens is 645 g/mol. The van der Waals surface area contributed by atoms with Crippen LogP contribution in [0, 0.1) is 23.7 Å². The van der Waals surface area contributed by atoms with Crippen LogP contribution in [0.3, 0.4) is 0 Å². The van der Waals surface area contributed by atoms with Crippen LogP contribution in [0.1, 0.15) is 125 Å². The predicted molar refractivity (Wildman–Crippen MR) is 225 cm³/mol. The molecule has 52 heavy (non-hydrogen) atoms. The first kappa shape index (κ1) is 43.6. The molecule has 0 saturated carbocycles. The van der Waals surface area contributed by atoms with Crippen LogP contribution in [-0.4, -0.2) is 33.9 Å². The molecule has 1 heterocycles. The molecular formula is C44H64N6O2. The van der Waals surface area contributed by atoms with Crippen molar-refractivity contribution < 1.29 is 10.2 Å². The van der Waals surface area contributed by atoms with E-state index in [2.05, 4.69) is 123 Å². The van der Waals surface area contributed by atoms with Gasteiger partial charge in [0.15, 0.2) is 0 Å². The van der Waals surface area contributed by atoms with E-state index in [1.807, 2.05) is 45.1 Å². The van der Waals surface area contributed by atoms with Crippen LogP contribution >= 0.6 is 0 Å². The van der Waals surface area contributed by atoms with Crippen molar-refractivity contribution >= 4 is 29.0 Å². The molecule has 0 aliphatic carbocycles. The number of hydrazone groups is 3. The number of nitrogens with zero attached hydrogens (tertiary/aromatic N) is 5. The van der Waals surface area contributed by atoms with Crippen LogP contribution in [0.2, 0.25) is 0 Å². The summed E-state index contributed by atoms with van der Waals surface area (Å²) in [5, 5.41) is 41.2. The van der Waals surface area contributed by atoms with Gasteiger partial charge in [-0.2, -0.15) is 20.4 Å². The molecule has 1 aliphatic heterocycles. The van der Waals surface area contributed by atoms with Crippen LogP contribution in [0.15, 0.2) is 77.0 Å². The summed E-state index contributed by atoms with van der Waals surface area (Å²) in [6.07, 6.45) is 18.8. The molecule has 3 N–H and O–H groups in total. The van der Waals surface area contributed by atoms with Crippen molar-refractivity contribution in [2.75, 3.05) is 10.2 Å². The number of rotatable bonds is 13. The Kier molecular flexibility index (Phi) is 14.5. The lowest BCUT2D eigenvalue weighted by Gasteiger charge is -2.34. The summed E-state index contributed by atoms with van der Waals surface area (Å²) >= 11 is 0. The van der Waals surface area contributed by atoms with Crippen LogP contribution < -0.4 is 15.7 Å². The first-order valence-electron chi connectivity index (χ1n) is 18.0. The Bertz CT molecular complexity index is 1730. The largest absolute Gasteiger partial charge is 0.505 e. The fraction of sp³-hybridized carbons (Fsp3) is 0.477. The molecule has 0 amide bonds. The normalized spacial score (nSPS) is 15.8. The zero-order valence-electron chi connectivity index (χ0n) is 34.1. The van der Waals surface area contributed by atoms with Gasteiger partial charge in [0.2, 0.25) is 0 Å². The van der Waals surface area contributed by atoms with Gasteiger partial charge in [-0.25, -0.2) is 5.43 Å². The highest BCUT2D eigenvalue weighted by Crippen LogP contribution is 2.46. The van der Waals surface area contributed by atoms with Crippen molar-refractivity contribution in [2.24, 2.45) is 26.1 Å². The lowest BCUT2D eigenvalue weighted by molar-refractivity contribution is 0.283. The first-order chi connectivity index (χ1) is 24.0. The maximum atomic E-state index is 12.0. The molecule has 2 aromatic carbocycles. The Balaban J connectivity index is 0.00000460. The number of hydrazine groups is 1. The SMILES string of the molecule is C#C.C=C/C=N/N(/N=C(\C)C=C)c1cc(C(C)(C)CC(C)(C)C)cc(Cc2cc(C(C)(C)CC(C)(C)C)cc(N3N=C(/C=C\C)C(C)N3)c2O)c1O. The highest BCUT2D eigenvalue weighted by molar-refractivity contribution is 6.01. The molecule has 8 nitrogen and oxygen atoms in total. The standard InChI is InChI=1S/C42H62N6O2.C2H2/c1-16-19-34-29(5)45-48(46-34)36-25-33(42(14,15)27-40(9,10)11)23-31(38(36)50)21-30-22-32(41(12,13)26-39(6,7)8)24-35(37(30)49)47(43-20-17-2)44-28(4)18-3;1-2/h16-20,22-25,29,45,49-50H,2-3,21,26-27H2,1,4-15H3;1-2H/b19-16-,43-20+,44-28+;. The Morgan fingerprint density at radius 3 is 1.90 bits per heavy atom. The lowest BCUT2D eigenvalue weighted by atomic mass is 9.71. The third kappa shape index (κ3) is 11.4. The number of hydrogen-bond acceptors (Lipinski definition) is 8. The van der Waals surface area contributed by atoms with Gasteiger partial charge < -0.3 is 10.2 Å². The monoisotopic (exact) mass is 709 g/mol. The second kappa shape index (κ2) is 17.3. The van der Waals surface area contributed by atoms with E-state index in [4.69, 9.17) is 5.10 Å². The number of anilines is 2. The van der Waals surface area contributed by atoms with E-state index in [1.54, 1.807) is 17.3 Å². The number of phenolic OH excluding ortho intramolecular Hbond substituents is 2. The summed E-state index contributed by atoms with van der Waals surface area (Å²) < 4.78 is 0. The number of nitrogens with one attached hydrogen (secondary N) is 1. The van der Waals surface area contributed by atoms with Crippen molar-refractivity contribution in [3.63, 3.8) is 0 Å². The van der Waals surface area contributed by atoms with E-state index in [9.17, 15) is 10.2 Å². The van der Waals surface area contributed by atoms with Gasteiger partial charge in [0, 0.05) is 23.8 Å². The van der Waals surface area contributed by atoms with Crippen LogP contribution in [-0.2, 0) is 17.3 Å². The molecule has 8 heteroatoms. The first-order valence-corrected chi connectivity index (χ1v) is 18.0. The molecule has 1 atom stereocenters. The van der Waals surface area contributed by atoms with Gasteiger partial charge >= 0.3 is 0 Å². The van der Waals surface area contributed by atoms with Crippen molar-refractivity contribution in [3.05, 3.63) is 84.0 Å². The number of benzene rings is 2. The highest BCUT2D eigenvalue weighted by Gasteiger charge is 2.33. The Labute approximate surface area is 314 Å². The van der Waals surface area contributed by atoms with E-state index in [1.165, 1.54) is 11.3 Å². The molecule has 0 aromatic heterocycles. The maximum absolute atomic E-state index is 12.0. The third-order valence-corrected chi connectivity index (χ3v) is 8.81. The van der Waals surface area contributed by atoms with Crippen LogP contribution in [0.25, 0.3) is 0 Å². The molecule has 0 radical (unpaired) electrons. The minimum Gasteiger partial charge on any atom is -0.505 e. The van der Waals surface area contributed by atoms with E-state index in [0.717, 1.165) is 29.7 Å². The number of phenols is 2. The fourth-order valence-corrected chi connectivity index (χ4v) is 7.18. The molecule has 282 valence electrons. The topological polar surface area (TPSA) is 96.1 Å². The Hall–Kier alpha value is -4.61. The van der Waals surface area contributed by atoms with E-state index >= 15 is 0 Å².